The maximum atomic E-state index is 11.2. The van der Waals surface area contributed by atoms with Crippen molar-refractivity contribution in [1.29, 1.82) is 0 Å². The predicted molar refractivity (Wildman–Crippen MR) is 46.2 cm³/mol. The molecule has 0 saturated carbocycles. The van der Waals surface area contributed by atoms with Gasteiger partial charge in [-0.2, -0.15) is 0 Å². The first kappa shape index (κ1) is 10.0. The fraction of sp³-hybridized carbons (Fsp3) is 1.00. The van der Waals surface area contributed by atoms with E-state index in [0.717, 1.165) is 12.7 Å². The summed E-state index contributed by atoms with van der Waals surface area (Å²) in [6.45, 7) is 5.56. The average Bonchev–Trinajstić information content (AvgIpc) is 1.86. The van der Waals surface area contributed by atoms with Crippen molar-refractivity contribution < 1.29 is 8.42 Å². The molecule has 0 bridgehead atoms. The van der Waals surface area contributed by atoms with E-state index in [9.17, 15) is 8.42 Å². The van der Waals surface area contributed by atoms with Gasteiger partial charge in [0.25, 0.3) is 5.99 Å². The van der Waals surface area contributed by atoms with Gasteiger partial charge in [0, 0.05) is 5.75 Å². The van der Waals surface area contributed by atoms with Gasteiger partial charge in [-0.1, -0.05) is 27.0 Å². The van der Waals surface area contributed by atoms with E-state index in [-0.39, 0.29) is 5.99 Å². The zero-order valence-electron chi connectivity index (χ0n) is 6.92. The standard InChI is InChI=1S/C6H15BO2S/c1-4-6-10(8,9)7(3)5-2/h4-6H2,1-3H3. The van der Waals surface area contributed by atoms with Gasteiger partial charge in [0.2, 0.25) is 0 Å². The molecule has 0 amide bonds. The highest BCUT2D eigenvalue weighted by Crippen LogP contribution is 2.03. The minimum Gasteiger partial charge on any atom is -0.241 e. The van der Waals surface area contributed by atoms with Crippen molar-refractivity contribution >= 4 is 15.7 Å². The molecule has 0 saturated heterocycles. The molecular formula is C6H15BO2S. The van der Waals surface area contributed by atoms with Crippen LogP contribution in [-0.2, 0) is 9.69 Å². The van der Waals surface area contributed by atoms with Crippen LogP contribution >= 0.6 is 0 Å². The highest BCUT2D eigenvalue weighted by atomic mass is 32.2. The number of hydrogen-bond acceptors (Lipinski definition) is 2. The second-order valence-electron chi connectivity index (χ2n) is 2.59. The fourth-order valence-electron chi connectivity index (χ4n) is 0.740. The Balaban J connectivity index is 4.12. The van der Waals surface area contributed by atoms with Gasteiger partial charge < -0.3 is 0 Å². The summed E-state index contributed by atoms with van der Waals surface area (Å²) < 4.78 is 22.3. The smallest absolute Gasteiger partial charge is 0.241 e. The molecule has 0 aromatic heterocycles. The molecule has 0 aliphatic heterocycles. The van der Waals surface area contributed by atoms with Gasteiger partial charge in [-0.15, -0.1) is 0 Å². The van der Waals surface area contributed by atoms with Crippen molar-refractivity contribution in [1.82, 2.24) is 0 Å². The maximum Gasteiger partial charge on any atom is 0.288 e. The van der Waals surface area contributed by atoms with E-state index in [4.69, 9.17) is 0 Å². The largest absolute Gasteiger partial charge is 0.288 e. The van der Waals surface area contributed by atoms with Crippen LogP contribution < -0.4 is 0 Å². The van der Waals surface area contributed by atoms with Crippen molar-refractivity contribution in [3.05, 3.63) is 0 Å². The monoisotopic (exact) mass is 162 g/mol. The van der Waals surface area contributed by atoms with Gasteiger partial charge in [-0.25, -0.2) is 8.42 Å². The third-order valence-electron chi connectivity index (χ3n) is 1.68. The van der Waals surface area contributed by atoms with E-state index in [2.05, 4.69) is 0 Å². The molecule has 0 atom stereocenters. The number of rotatable bonds is 4. The molecular weight excluding hydrogens is 147 g/mol. The second kappa shape index (κ2) is 4.01. The molecule has 0 aliphatic rings. The van der Waals surface area contributed by atoms with Crippen LogP contribution in [0, 0.1) is 0 Å². The van der Waals surface area contributed by atoms with E-state index in [1.165, 1.54) is 0 Å². The third kappa shape index (κ3) is 2.73. The molecule has 0 aromatic carbocycles. The minimum absolute atomic E-state index is 0.160. The average molecular weight is 162 g/mol. The van der Waals surface area contributed by atoms with Gasteiger partial charge in [-0.3, -0.25) is 0 Å². The molecule has 10 heavy (non-hydrogen) atoms. The zero-order valence-corrected chi connectivity index (χ0v) is 7.74. The lowest BCUT2D eigenvalue weighted by molar-refractivity contribution is 0.606. The molecule has 0 aromatic rings. The van der Waals surface area contributed by atoms with Crippen molar-refractivity contribution in [3.8, 4) is 0 Å². The lowest BCUT2D eigenvalue weighted by Crippen LogP contribution is -2.23. The predicted octanol–water partition coefficient (Wildman–Crippen LogP) is 1.45. The summed E-state index contributed by atoms with van der Waals surface area (Å²) in [7, 11) is -2.76. The van der Waals surface area contributed by atoms with Crippen molar-refractivity contribution in [3.63, 3.8) is 0 Å². The van der Waals surface area contributed by atoms with Crippen LogP contribution in [0.3, 0.4) is 0 Å². The molecule has 0 heterocycles. The first-order valence-electron chi connectivity index (χ1n) is 3.76. The number of hydrogen-bond donors (Lipinski definition) is 0. The Morgan fingerprint density at radius 3 is 2.10 bits per heavy atom. The quantitative estimate of drug-likeness (QED) is 0.586. The highest BCUT2D eigenvalue weighted by Gasteiger charge is 2.21. The highest BCUT2D eigenvalue weighted by molar-refractivity contribution is 8.18. The normalized spacial score (nSPS) is 11.5. The van der Waals surface area contributed by atoms with E-state index >= 15 is 0 Å². The molecule has 0 N–H and O–H groups in total. The van der Waals surface area contributed by atoms with Crippen LogP contribution in [0.2, 0.25) is 13.1 Å². The van der Waals surface area contributed by atoms with E-state index in [1.54, 1.807) is 6.82 Å². The summed E-state index contributed by atoms with van der Waals surface area (Å²) in [6, 6.07) is 0. The first-order valence-corrected chi connectivity index (χ1v) is 5.47. The van der Waals surface area contributed by atoms with Gasteiger partial charge in [0.1, 0.15) is 9.69 Å². The van der Waals surface area contributed by atoms with Crippen LogP contribution in [0.4, 0.5) is 0 Å². The van der Waals surface area contributed by atoms with Gasteiger partial charge in [0.15, 0.2) is 0 Å². The van der Waals surface area contributed by atoms with Crippen LogP contribution in [0.5, 0.6) is 0 Å². The Hall–Kier alpha value is 0.0149. The first-order chi connectivity index (χ1) is 4.54. The van der Waals surface area contributed by atoms with Gasteiger partial charge in [0.05, 0.1) is 0 Å². The molecule has 0 fully saturated rings. The van der Waals surface area contributed by atoms with E-state index in [1.807, 2.05) is 13.8 Å². The molecule has 4 heteroatoms. The Kier molecular flexibility index (Phi) is 4.02. The SMILES string of the molecule is CCCS(=O)(=O)B(C)CC. The van der Waals surface area contributed by atoms with E-state index in [0.29, 0.717) is 5.75 Å². The second-order valence-corrected chi connectivity index (χ2v) is 5.12. The Labute approximate surface area is 63.9 Å². The minimum atomic E-state index is -2.76. The fourth-order valence-corrected chi connectivity index (χ4v) is 2.22. The summed E-state index contributed by atoms with van der Waals surface area (Å²) in [5.74, 6) is 0.176. The molecule has 0 unspecified atom stereocenters. The summed E-state index contributed by atoms with van der Waals surface area (Å²) >= 11 is 0. The lowest BCUT2D eigenvalue weighted by Gasteiger charge is -2.04. The molecule has 0 aliphatic carbocycles. The maximum absolute atomic E-state index is 11.2. The molecule has 0 spiro atoms. The van der Waals surface area contributed by atoms with E-state index < -0.39 is 9.69 Å². The van der Waals surface area contributed by atoms with Crippen molar-refractivity contribution in [2.45, 2.75) is 33.4 Å². The van der Waals surface area contributed by atoms with Crippen molar-refractivity contribution in [2.24, 2.45) is 0 Å². The van der Waals surface area contributed by atoms with Crippen LogP contribution in [0.1, 0.15) is 20.3 Å². The molecule has 2 nitrogen and oxygen atoms in total. The Bertz CT molecular complexity index is 174. The third-order valence-corrected chi connectivity index (χ3v) is 4.21. The lowest BCUT2D eigenvalue weighted by atomic mass is 9.77. The van der Waals surface area contributed by atoms with Crippen LogP contribution in [0.25, 0.3) is 0 Å². The van der Waals surface area contributed by atoms with Crippen molar-refractivity contribution in [2.75, 3.05) is 5.75 Å². The molecule has 0 radical (unpaired) electrons. The summed E-state index contributed by atoms with van der Waals surface area (Å²) in [5, 5.41) is 0. The topological polar surface area (TPSA) is 34.1 Å². The van der Waals surface area contributed by atoms with Crippen LogP contribution in [-0.4, -0.2) is 20.2 Å². The Morgan fingerprint density at radius 1 is 1.30 bits per heavy atom. The van der Waals surface area contributed by atoms with Gasteiger partial charge in [-0.05, 0) is 6.42 Å². The summed E-state index contributed by atoms with van der Waals surface area (Å²) in [6.07, 6.45) is 1.45. The summed E-state index contributed by atoms with van der Waals surface area (Å²) in [5.41, 5.74) is 0. The summed E-state index contributed by atoms with van der Waals surface area (Å²) in [4.78, 5) is 0. The van der Waals surface area contributed by atoms with Crippen LogP contribution in [0.15, 0.2) is 0 Å². The Morgan fingerprint density at radius 2 is 1.80 bits per heavy atom. The zero-order chi connectivity index (χ0) is 8.20. The molecule has 0 rings (SSSR count). The molecule has 60 valence electrons. The van der Waals surface area contributed by atoms with Gasteiger partial charge >= 0.3 is 0 Å².